The van der Waals surface area contributed by atoms with Crippen molar-refractivity contribution in [3.05, 3.63) is 0 Å². The smallest absolute Gasteiger partial charge is 0.410 e. The van der Waals surface area contributed by atoms with Gasteiger partial charge in [-0.2, -0.15) is 0 Å². The van der Waals surface area contributed by atoms with E-state index in [-0.39, 0.29) is 24.2 Å². The predicted molar refractivity (Wildman–Crippen MR) is 109 cm³/mol. The number of carbonyl (C=O) groups excluding carboxylic acids is 4. The van der Waals surface area contributed by atoms with Gasteiger partial charge in [-0.05, 0) is 52.4 Å². The molecule has 2 heterocycles. The summed E-state index contributed by atoms with van der Waals surface area (Å²) in [6, 6.07) is -1.67. The molecule has 0 aromatic carbocycles. The molecule has 0 aliphatic carbocycles. The van der Waals surface area contributed by atoms with Crippen LogP contribution in [0.5, 0.6) is 0 Å². The highest BCUT2D eigenvalue weighted by atomic mass is 16.6. The largest absolute Gasteiger partial charge is 0.467 e. The second-order valence-corrected chi connectivity index (χ2v) is 9.11. The fraction of sp³-hybridized carbons (Fsp3) is 0.810. The highest BCUT2D eigenvalue weighted by molar-refractivity contribution is 5.90. The molecule has 0 radical (unpaired) electrons. The number of amides is 3. The molecular formula is C21H35N3O6. The number of esters is 1. The summed E-state index contributed by atoms with van der Waals surface area (Å²) in [5.41, 5.74) is -0.675. The van der Waals surface area contributed by atoms with Gasteiger partial charge in [0.2, 0.25) is 11.8 Å². The molecule has 30 heavy (non-hydrogen) atoms. The van der Waals surface area contributed by atoms with Crippen molar-refractivity contribution >= 4 is 23.9 Å². The minimum atomic E-state index is -0.947. The highest BCUT2D eigenvalue weighted by Gasteiger charge is 2.42. The van der Waals surface area contributed by atoms with Gasteiger partial charge in [-0.25, -0.2) is 9.59 Å². The van der Waals surface area contributed by atoms with E-state index in [0.717, 1.165) is 12.8 Å². The number of hydrogen-bond acceptors (Lipinski definition) is 6. The van der Waals surface area contributed by atoms with Crippen LogP contribution in [0.4, 0.5) is 4.79 Å². The van der Waals surface area contributed by atoms with Crippen LogP contribution in [-0.4, -0.2) is 66.7 Å². The molecular weight excluding hydrogens is 390 g/mol. The summed E-state index contributed by atoms with van der Waals surface area (Å²) in [5.74, 6) is -1.34. The number of likely N-dealkylation sites (tertiary alicyclic amines) is 1. The van der Waals surface area contributed by atoms with Gasteiger partial charge in [0.05, 0.1) is 7.11 Å². The summed E-state index contributed by atoms with van der Waals surface area (Å²) in [5, 5.41) is 5.51. The Balaban J connectivity index is 2.11. The Morgan fingerprint density at radius 2 is 2.00 bits per heavy atom. The van der Waals surface area contributed by atoms with Gasteiger partial charge >= 0.3 is 12.1 Å². The van der Waals surface area contributed by atoms with Gasteiger partial charge in [0.15, 0.2) is 0 Å². The third-order valence-electron chi connectivity index (χ3n) is 5.62. The molecule has 9 nitrogen and oxygen atoms in total. The van der Waals surface area contributed by atoms with E-state index >= 15 is 0 Å². The fourth-order valence-corrected chi connectivity index (χ4v) is 3.96. The molecule has 0 saturated carbocycles. The van der Waals surface area contributed by atoms with Crippen LogP contribution in [0.3, 0.4) is 0 Å². The van der Waals surface area contributed by atoms with Crippen molar-refractivity contribution < 1.29 is 28.7 Å². The third-order valence-corrected chi connectivity index (χ3v) is 5.62. The topological polar surface area (TPSA) is 114 Å². The predicted octanol–water partition coefficient (Wildman–Crippen LogP) is 1.60. The van der Waals surface area contributed by atoms with Crippen LogP contribution in [0.15, 0.2) is 0 Å². The zero-order valence-corrected chi connectivity index (χ0v) is 18.7. The van der Waals surface area contributed by atoms with E-state index < -0.39 is 35.7 Å². The summed E-state index contributed by atoms with van der Waals surface area (Å²) in [4.78, 5) is 51.6. The molecule has 170 valence electrons. The fourth-order valence-electron chi connectivity index (χ4n) is 3.96. The van der Waals surface area contributed by atoms with Crippen LogP contribution < -0.4 is 10.6 Å². The quantitative estimate of drug-likeness (QED) is 0.625. The molecule has 0 aromatic heterocycles. The summed E-state index contributed by atoms with van der Waals surface area (Å²) >= 11 is 0. The lowest BCUT2D eigenvalue weighted by molar-refractivity contribution is -0.146. The zero-order valence-electron chi connectivity index (χ0n) is 18.7. The van der Waals surface area contributed by atoms with Crippen molar-refractivity contribution in [2.24, 2.45) is 11.8 Å². The SMILES string of the molecule is CC[C@@H]1C[C@@H](C(=O)N[C@@H](C[C@@H]2CCCNC2=O)C(=O)OC)N(C(=O)OC(C)(C)C)C1. The monoisotopic (exact) mass is 425 g/mol. The van der Waals surface area contributed by atoms with Gasteiger partial charge in [-0.15, -0.1) is 0 Å². The molecule has 2 rings (SSSR count). The van der Waals surface area contributed by atoms with E-state index in [4.69, 9.17) is 9.47 Å². The lowest BCUT2D eigenvalue weighted by Gasteiger charge is -2.30. The third kappa shape index (κ3) is 6.34. The molecule has 0 aromatic rings. The van der Waals surface area contributed by atoms with Crippen LogP contribution >= 0.6 is 0 Å². The molecule has 4 atom stereocenters. The number of hydrogen-bond donors (Lipinski definition) is 2. The zero-order chi connectivity index (χ0) is 22.5. The number of piperidine rings is 1. The van der Waals surface area contributed by atoms with Crippen molar-refractivity contribution in [1.82, 2.24) is 15.5 Å². The van der Waals surface area contributed by atoms with Crippen LogP contribution in [0.1, 0.15) is 59.8 Å². The maximum atomic E-state index is 13.1. The van der Waals surface area contributed by atoms with E-state index in [1.807, 2.05) is 6.92 Å². The van der Waals surface area contributed by atoms with Crippen molar-refractivity contribution in [1.29, 1.82) is 0 Å². The number of rotatable bonds is 6. The van der Waals surface area contributed by atoms with Gasteiger partial charge < -0.3 is 20.1 Å². The first-order chi connectivity index (χ1) is 14.1. The molecule has 2 N–H and O–H groups in total. The Kier molecular flexibility index (Phi) is 8.09. The molecule has 0 unspecified atom stereocenters. The number of nitrogens with zero attached hydrogens (tertiary/aromatic N) is 1. The molecule has 2 fully saturated rings. The minimum Gasteiger partial charge on any atom is -0.467 e. The maximum absolute atomic E-state index is 13.1. The summed E-state index contributed by atoms with van der Waals surface area (Å²) in [6.45, 7) is 8.38. The van der Waals surface area contributed by atoms with Crippen molar-refractivity contribution in [3.8, 4) is 0 Å². The van der Waals surface area contributed by atoms with E-state index in [1.54, 1.807) is 20.8 Å². The van der Waals surface area contributed by atoms with Crippen molar-refractivity contribution in [2.75, 3.05) is 20.2 Å². The van der Waals surface area contributed by atoms with Crippen molar-refractivity contribution in [3.63, 3.8) is 0 Å². The molecule has 3 amide bonds. The second-order valence-electron chi connectivity index (χ2n) is 9.11. The van der Waals surface area contributed by atoms with E-state index in [1.165, 1.54) is 12.0 Å². The van der Waals surface area contributed by atoms with Gasteiger partial charge in [0.25, 0.3) is 0 Å². The lowest BCUT2D eigenvalue weighted by atomic mass is 9.91. The maximum Gasteiger partial charge on any atom is 0.410 e. The molecule has 0 bridgehead atoms. The van der Waals surface area contributed by atoms with Crippen LogP contribution in [-0.2, 0) is 23.9 Å². The number of ether oxygens (including phenoxy) is 2. The van der Waals surface area contributed by atoms with Gasteiger partial charge in [0.1, 0.15) is 17.7 Å². The average Bonchev–Trinajstić information content (AvgIpc) is 3.12. The van der Waals surface area contributed by atoms with Gasteiger partial charge in [-0.1, -0.05) is 13.3 Å². The normalized spacial score (nSPS) is 25.3. The standard InChI is InChI=1S/C21H35N3O6/c1-6-13-10-16(24(12-13)20(28)30-21(2,3)4)18(26)23-15(19(27)29-5)11-14-8-7-9-22-17(14)25/h13-16H,6-12H2,1-5H3,(H,22,25)(H,23,26)/t13-,14+,15+,16+/m1/s1. The molecule has 2 aliphatic rings. The molecule has 2 saturated heterocycles. The van der Waals surface area contributed by atoms with Gasteiger partial charge in [-0.3, -0.25) is 14.5 Å². The summed E-state index contributed by atoms with van der Waals surface area (Å²) in [6.07, 6.45) is 2.43. The number of carbonyl (C=O) groups is 4. The first-order valence-corrected chi connectivity index (χ1v) is 10.7. The molecule has 9 heteroatoms. The lowest BCUT2D eigenvalue weighted by Crippen LogP contribution is -2.53. The Bertz CT molecular complexity index is 660. The Hall–Kier alpha value is -2.32. The van der Waals surface area contributed by atoms with E-state index in [2.05, 4.69) is 10.6 Å². The molecule has 0 spiro atoms. The summed E-state index contributed by atoms with van der Waals surface area (Å²) in [7, 11) is 1.25. The van der Waals surface area contributed by atoms with Crippen molar-refractivity contribution in [2.45, 2.75) is 77.5 Å². The first kappa shape index (κ1) is 24.0. The van der Waals surface area contributed by atoms with Crippen LogP contribution in [0.25, 0.3) is 0 Å². The number of methoxy groups -OCH3 is 1. The minimum absolute atomic E-state index is 0.119. The average molecular weight is 426 g/mol. The van der Waals surface area contributed by atoms with Crippen LogP contribution in [0.2, 0.25) is 0 Å². The highest BCUT2D eigenvalue weighted by Crippen LogP contribution is 2.28. The van der Waals surface area contributed by atoms with Gasteiger partial charge in [0, 0.05) is 19.0 Å². The number of nitrogens with one attached hydrogen (secondary N) is 2. The Labute approximate surface area is 178 Å². The van der Waals surface area contributed by atoms with E-state index in [0.29, 0.717) is 25.9 Å². The first-order valence-electron chi connectivity index (χ1n) is 10.7. The van der Waals surface area contributed by atoms with E-state index in [9.17, 15) is 19.2 Å². The Morgan fingerprint density at radius 3 is 2.57 bits per heavy atom. The Morgan fingerprint density at radius 1 is 1.30 bits per heavy atom. The summed E-state index contributed by atoms with van der Waals surface area (Å²) < 4.78 is 10.3. The van der Waals surface area contributed by atoms with Crippen LogP contribution in [0, 0.1) is 11.8 Å². The molecule has 2 aliphatic heterocycles. The second kappa shape index (κ2) is 10.1.